The Morgan fingerprint density at radius 2 is 1.61 bits per heavy atom. The van der Waals surface area contributed by atoms with Gasteiger partial charge >= 0.3 is 10.3 Å². The highest BCUT2D eigenvalue weighted by molar-refractivity contribution is 7.84. The Hall–Kier alpha value is -1.70. The number of hydrogen-bond donors (Lipinski definition) is 2. The number of hydrogen-bond acceptors (Lipinski definition) is 4. The normalized spacial score (nSPS) is 44.4. The molecule has 5 aliphatic rings. The highest BCUT2D eigenvalue weighted by Crippen LogP contribution is 2.77. The van der Waals surface area contributed by atoms with Gasteiger partial charge in [0.05, 0.1) is 11.5 Å². The number of allylic oxidation sites excluding steroid dienone is 1. The van der Waals surface area contributed by atoms with Gasteiger partial charge in [0.2, 0.25) is 5.91 Å². The predicted octanol–water partition coefficient (Wildman–Crippen LogP) is 7.55. The zero-order chi connectivity index (χ0) is 31.9. The zero-order valence-corrected chi connectivity index (χ0v) is 28.8. The van der Waals surface area contributed by atoms with E-state index in [2.05, 4.69) is 65.6 Å². The molecule has 44 heavy (non-hydrogen) atoms. The van der Waals surface area contributed by atoms with Crippen LogP contribution in [0.4, 0.5) is 0 Å². The first-order valence-corrected chi connectivity index (χ1v) is 18.7. The van der Waals surface area contributed by atoms with E-state index in [1.54, 1.807) is 0 Å². The molecule has 1 amide bonds. The molecule has 10 atom stereocenters. The van der Waals surface area contributed by atoms with Crippen molar-refractivity contribution in [3.63, 3.8) is 0 Å². The molecule has 5 fully saturated rings. The summed E-state index contributed by atoms with van der Waals surface area (Å²) in [6.45, 7) is 19.4. The summed E-state index contributed by atoms with van der Waals surface area (Å²) < 4.78 is 29.5. The average molecular weight is 625 g/mol. The first-order valence-electron chi connectivity index (χ1n) is 17.2. The molecule has 5 saturated carbocycles. The van der Waals surface area contributed by atoms with E-state index in [1.807, 2.05) is 18.2 Å². The van der Waals surface area contributed by atoms with Gasteiger partial charge in [0.15, 0.2) is 0 Å². The van der Waals surface area contributed by atoms with Gasteiger partial charge < -0.3 is 5.32 Å². The molecule has 6 nitrogen and oxygen atoms in total. The molecule has 7 heteroatoms. The molecular formula is C37H56N2O4S. The molecule has 3 N–H and O–H groups in total. The minimum atomic E-state index is -4.01. The summed E-state index contributed by atoms with van der Waals surface area (Å²) in [6, 6.07) is 10.3. The third kappa shape index (κ3) is 4.68. The lowest BCUT2D eigenvalue weighted by atomic mass is 9.32. The Bertz CT molecular complexity index is 1410. The number of nitrogens with two attached hydrogens (primary N) is 1. The fourth-order valence-electron chi connectivity index (χ4n) is 12.8. The summed E-state index contributed by atoms with van der Waals surface area (Å²) in [4.78, 5) is 14.3. The topological polar surface area (TPSA) is 98.5 Å². The van der Waals surface area contributed by atoms with Crippen LogP contribution in [0.15, 0.2) is 42.5 Å². The molecule has 0 radical (unpaired) electrons. The maximum atomic E-state index is 14.3. The molecule has 5 aliphatic carbocycles. The van der Waals surface area contributed by atoms with E-state index in [0.29, 0.717) is 42.6 Å². The van der Waals surface area contributed by atoms with E-state index in [1.165, 1.54) is 12.0 Å². The third-order valence-electron chi connectivity index (χ3n) is 15.0. The lowest BCUT2D eigenvalue weighted by Gasteiger charge is -2.72. The van der Waals surface area contributed by atoms with Crippen molar-refractivity contribution in [2.45, 2.75) is 118 Å². The molecule has 0 spiro atoms. The molecule has 0 bridgehead atoms. The van der Waals surface area contributed by atoms with E-state index in [-0.39, 0.29) is 39.1 Å². The smallest absolute Gasteiger partial charge is 0.333 e. The molecule has 1 aromatic rings. The van der Waals surface area contributed by atoms with Gasteiger partial charge in [-0.2, -0.15) is 8.42 Å². The van der Waals surface area contributed by atoms with Crippen molar-refractivity contribution in [3.05, 3.63) is 48.0 Å². The second-order valence-corrected chi connectivity index (χ2v) is 18.1. The summed E-state index contributed by atoms with van der Waals surface area (Å²) in [7, 11) is -4.01. The van der Waals surface area contributed by atoms with Crippen LogP contribution < -0.4 is 10.5 Å². The van der Waals surface area contributed by atoms with Gasteiger partial charge in [0.1, 0.15) is 0 Å². The van der Waals surface area contributed by atoms with Crippen LogP contribution in [0, 0.1) is 56.7 Å². The van der Waals surface area contributed by atoms with Crippen LogP contribution in [-0.2, 0) is 25.8 Å². The molecule has 244 valence electrons. The van der Waals surface area contributed by atoms with Crippen LogP contribution in [0.2, 0.25) is 0 Å². The second-order valence-electron chi connectivity index (χ2n) is 16.9. The van der Waals surface area contributed by atoms with Crippen LogP contribution in [0.25, 0.3) is 0 Å². The summed E-state index contributed by atoms with van der Waals surface area (Å²) in [5.74, 6) is 2.38. The average Bonchev–Trinajstić information content (AvgIpc) is 3.35. The summed E-state index contributed by atoms with van der Waals surface area (Å²) in [6.07, 6.45) is 9.88. The number of fused-ring (bicyclic) bond motifs is 7. The zero-order valence-electron chi connectivity index (χ0n) is 28.0. The predicted molar refractivity (Wildman–Crippen MR) is 175 cm³/mol. The minimum Gasteiger partial charge on any atom is -0.352 e. The van der Waals surface area contributed by atoms with Crippen molar-refractivity contribution in [2.24, 2.45) is 61.8 Å². The Labute approximate surface area is 266 Å². The Balaban J connectivity index is 1.31. The van der Waals surface area contributed by atoms with Crippen molar-refractivity contribution in [3.8, 4) is 0 Å². The van der Waals surface area contributed by atoms with Gasteiger partial charge in [-0.1, -0.05) is 77.1 Å². The van der Waals surface area contributed by atoms with Gasteiger partial charge in [0, 0.05) is 6.54 Å². The molecule has 0 aliphatic heterocycles. The SMILES string of the molecule is C=C(C)[C@@H]1CC[C@]2(C(=O)NCc3ccccc3)CC[C@]3(C)[C@H](CC[C@@H]4[C@@]5(C)CC[C@H](OS(N)(=O)=O)C(C)(C)[C@@H]5CC[C@]43C)[C@@H]12. The Kier molecular flexibility index (Phi) is 7.82. The number of nitrogens with one attached hydrogen (secondary N) is 1. The monoisotopic (exact) mass is 624 g/mol. The van der Waals surface area contributed by atoms with Crippen molar-refractivity contribution in [1.29, 1.82) is 0 Å². The van der Waals surface area contributed by atoms with E-state index in [9.17, 15) is 13.2 Å². The number of rotatable bonds is 6. The summed E-state index contributed by atoms with van der Waals surface area (Å²) >= 11 is 0. The maximum Gasteiger partial charge on any atom is 0.333 e. The number of amides is 1. The van der Waals surface area contributed by atoms with Gasteiger partial charge in [0.25, 0.3) is 0 Å². The van der Waals surface area contributed by atoms with Crippen molar-refractivity contribution in [2.75, 3.05) is 0 Å². The van der Waals surface area contributed by atoms with Gasteiger partial charge in [-0.15, -0.1) is 0 Å². The number of carbonyl (C=O) groups is 1. The molecule has 6 rings (SSSR count). The van der Waals surface area contributed by atoms with E-state index >= 15 is 0 Å². The lowest BCUT2D eigenvalue weighted by molar-refractivity contribution is -0.244. The van der Waals surface area contributed by atoms with Gasteiger partial charge in [-0.05, 0) is 128 Å². The van der Waals surface area contributed by atoms with Crippen molar-refractivity contribution in [1.82, 2.24) is 5.32 Å². The molecule has 0 saturated heterocycles. The highest BCUT2D eigenvalue weighted by Gasteiger charge is 2.72. The van der Waals surface area contributed by atoms with Crippen LogP contribution in [-0.4, -0.2) is 20.4 Å². The molecule has 0 unspecified atom stereocenters. The summed E-state index contributed by atoms with van der Waals surface area (Å²) in [5.41, 5.74) is 2.18. The molecule has 0 aromatic heterocycles. The molecular weight excluding hydrogens is 568 g/mol. The van der Waals surface area contributed by atoms with Gasteiger partial charge in [-0.25, -0.2) is 5.14 Å². The quantitative estimate of drug-likeness (QED) is 0.319. The minimum absolute atomic E-state index is 0.105. The van der Waals surface area contributed by atoms with Crippen molar-refractivity contribution < 1.29 is 17.4 Å². The second kappa shape index (κ2) is 10.7. The van der Waals surface area contributed by atoms with E-state index in [0.717, 1.165) is 56.9 Å². The Morgan fingerprint density at radius 3 is 2.27 bits per heavy atom. The number of benzene rings is 1. The van der Waals surface area contributed by atoms with Crippen LogP contribution in [0.3, 0.4) is 0 Å². The van der Waals surface area contributed by atoms with Crippen LogP contribution in [0.1, 0.15) is 111 Å². The fourth-order valence-corrected chi connectivity index (χ4v) is 13.5. The largest absolute Gasteiger partial charge is 0.352 e. The lowest BCUT2D eigenvalue weighted by Crippen LogP contribution is -2.67. The van der Waals surface area contributed by atoms with E-state index in [4.69, 9.17) is 9.32 Å². The van der Waals surface area contributed by atoms with Crippen LogP contribution >= 0.6 is 0 Å². The Morgan fingerprint density at radius 1 is 0.909 bits per heavy atom. The maximum absolute atomic E-state index is 14.3. The molecule has 1 aromatic carbocycles. The fraction of sp³-hybridized carbons (Fsp3) is 0.757. The van der Waals surface area contributed by atoms with Gasteiger partial charge in [-0.3, -0.25) is 8.98 Å². The molecule has 0 heterocycles. The first kappa shape index (κ1) is 32.2. The third-order valence-corrected chi connectivity index (χ3v) is 15.5. The highest BCUT2D eigenvalue weighted by atomic mass is 32.2. The van der Waals surface area contributed by atoms with E-state index < -0.39 is 10.3 Å². The standard InChI is InChI=1S/C37H56N2O4S/c1-24(2)26-15-20-37(32(40)39-23-25-11-9-8-10-12-25)22-21-35(6)27(31(26)37)13-14-29-34(5)18-17-30(43-44(38,41)42)33(3,4)28(34)16-19-36(29,35)7/h8-12,26-31H,1,13-23H2,2-7H3,(H,39,40)(H2,38,41,42)/t26-,27+,28-,29+,30-,31+,34-,35+,36+,37-/m0/s1. The first-order chi connectivity index (χ1) is 20.5. The summed E-state index contributed by atoms with van der Waals surface area (Å²) in [5, 5.41) is 8.78. The van der Waals surface area contributed by atoms with Crippen molar-refractivity contribution >= 4 is 16.2 Å². The van der Waals surface area contributed by atoms with Crippen LogP contribution in [0.5, 0.6) is 0 Å². The number of carbonyl (C=O) groups excluding carboxylic acids is 1.